The van der Waals surface area contributed by atoms with E-state index in [0.29, 0.717) is 0 Å². The Kier molecular flexibility index (Phi) is 5.88. The Bertz CT molecular complexity index is 1110. The van der Waals surface area contributed by atoms with Gasteiger partial charge in [-0.3, -0.25) is 0 Å². The molecular formula is C22H18O10. The van der Waals surface area contributed by atoms with Crippen LogP contribution in [0.25, 0.3) is 21.5 Å². The van der Waals surface area contributed by atoms with Crippen molar-refractivity contribution in [1.29, 1.82) is 0 Å². The molecule has 166 valence electrons. The van der Waals surface area contributed by atoms with Gasteiger partial charge in [-0.1, -0.05) is 0 Å². The van der Waals surface area contributed by atoms with Crippen LogP contribution in [-0.2, 0) is 18.9 Å². The maximum atomic E-state index is 12.2. The Balaban J connectivity index is 2.51. The zero-order valence-electron chi connectivity index (χ0n) is 17.5. The van der Waals surface area contributed by atoms with E-state index < -0.39 is 35.4 Å². The largest absolute Gasteiger partial charge is 0.507 e. The molecule has 3 rings (SSSR count). The molecule has 0 unspecified atom stereocenters. The van der Waals surface area contributed by atoms with E-state index in [9.17, 15) is 29.4 Å². The van der Waals surface area contributed by atoms with Crippen LogP contribution in [0, 0.1) is 0 Å². The summed E-state index contributed by atoms with van der Waals surface area (Å²) in [5.74, 6) is -4.33. The summed E-state index contributed by atoms with van der Waals surface area (Å²) in [5.41, 5.74) is -0.832. The van der Waals surface area contributed by atoms with Crippen LogP contribution in [0.3, 0.4) is 0 Å². The van der Waals surface area contributed by atoms with Gasteiger partial charge in [0.1, 0.15) is 11.5 Å². The average Bonchev–Trinajstić information content (AvgIpc) is 2.83. The number of aromatic hydroxyl groups is 2. The van der Waals surface area contributed by atoms with Gasteiger partial charge in [0, 0.05) is 21.5 Å². The molecule has 0 heterocycles. The van der Waals surface area contributed by atoms with Crippen LogP contribution in [0.15, 0.2) is 24.3 Å². The monoisotopic (exact) mass is 442 g/mol. The Morgan fingerprint density at radius 3 is 0.844 bits per heavy atom. The number of carbonyl (C=O) groups excluding carboxylic acids is 4. The van der Waals surface area contributed by atoms with Crippen LogP contribution in [0.5, 0.6) is 11.5 Å². The van der Waals surface area contributed by atoms with Gasteiger partial charge in [0.05, 0.1) is 50.7 Å². The van der Waals surface area contributed by atoms with Gasteiger partial charge in [-0.25, -0.2) is 19.2 Å². The lowest BCUT2D eigenvalue weighted by atomic mass is 9.93. The van der Waals surface area contributed by atoms with Gasteiger partial charge in [0.25, 0.3) is 0 Å². The molecule has 10 nitrogen and oxygen atoms in total. The fourth-order valence-electron chi connectivity index (χ4n) is 3.39. The van der Waals surface area contributed by atoms with Crippen molar-refractivity contribution in [3.63, 3.8) is 0 Å². The van der Waals surface area contributed by atoms with E-state index in [1.54, 1.807) is 0 Å². The summed E-state index contributed by atoms with van der Waals surface area (Å²) in [7, 11) is 4.45. The molecule has 0 aliphatic rings. The number of carbonyl (C=O) groups is 4. The fraction of sp³-hybridized carbons (Fsp3) is 0.182. The van der Waals surface area contributed by atoms with Gasteiger partial charge in [0.2, 0.25) is 0 Å². The highest BCUT2D eigenvalue weighted by Gasteiger charge is 2.26. The molecule has 0 aliphatic carbocycles. The molecule has 0 atom stereocenters. The number of methoxy groups -OCH3 is 4. The maximum absolute atomic E-state index is 12.2. The fourth-order valence-corrected chi connectivity index (χ4v) is 3.39. The van der Waals surface area contributed by atoms with Crippen LogP contribution in [0.1, 0.15) is 41.4 Å². The summed E-state index contributed by atoms with van der Waals surface area (Å²) in [6.45, 7) is 0. The first-order chi connectivity index (χ1) is 15.2. The molecule has 0 fully saturated rings. The second-order valence-electron chi connectivity index (χ2n) is 6.55. The molecule has 0 saturated heterocycles. The Labute approximate surface area is 180 Å². The number of hydrogen-bond acceptors (Lipinski definition) is 10. The minimum atomic E-state index is -0.873. The maximum Gasteiger partial charge on any atom is 0.338 e. The molecule has 0 amide bonds. The third-order valence-electron chi connectivity index (χ3n) is 4.96. The molecular weight excluding hydrogens is 424 g/mol. The highest BCUT2D eigenvalue weighted by molar-refractivity contribution is 6.18. The first-order valence-corrected chi connectivity index (χ1v) is 9.02. The Hall–Kier alpha value is -4.34. The van der Waals surface area contributed by atoms with Crippen LogP contribution < -0.4 is 0 Å². The highest BCUT2D eigenvalue weighted by atomic mass is 16.5. The van der Waals surface area contributed by atoms with Crippen LogP contribution in [0.4, 0.5) is 0 Å². The molecule has 0 spiro atoms. The van der Waals surface area contributed by atoms with Crippen molar-refractivity contribution < 1.29 is 48.3 Å². The van der Waals surface area contributed by atoms with Crippen molar-refractivity contribution in [3.05, 3.63) is 46.5 Å². The zero-order valence-corrected chi connectivity index (χ0v) is 17.5. The second kappa shape index (κ2) is 8.42. The van der Waals surface area contributed by atoms with Crippen molar-refractivity contribution in [2.75, 3.05) is 28.4 Å². The van der Waals surface area contributed by atoms with Gasteiger partial charge in [0.15, 0.2) is 0 Å². The summed E-state index contributed by atoms with van der Waals surface area (Å²) in [4.78, 5) is 48.8. The molecule has 0 aliphatic heterocycles. The Morgan fingerprint density at radius 2 is 0.688 bits per heavy atom. The molecule has 32 heavy (non-hydrogen) atoms. The number of esters is 4. The minimum absolute atomic E-state index is 0.00955. The van der Waals surface area contributed by atoms with Gasteiger partial charge in [-0.05, 0) is 24.3 Å². The first-order valence-electron chi connectivity index (χ1n) is 9.02. The molecule has 2 N–H and O–H groups in total. The van der Waals surface area contributed by atoms with Gasteiger partial charge >= 0.3 is 23.9 Å². The second-order valence-corrected chi connectivity index (χ2v) is 6.55. The van der Waals surface area contributed by atoms with Crippen LogP contribution in [-0.4, -0.2) is 62.5 Å². The topological polar surface area (TPSA) is 146 Å². The summed E-state index contributed by atoms with van der Waals surface area (Å²) >= 11 is 0. The van der Waals surface area contributed by atoms with E-state index in [1.165, 1.54) is 0 Å². The normalized spacial score (nSPS) is 10.6. The molecule has 0 saturated carbocycles. The molecule has 10 heteroatoms. The van der Waals surface area contributed by atoms with Gasteiger partial charge in [-0.15, -0.1) is 0 Å². The summed E-state index contributed by atoms with van der Waals surface area (Å²) in [5, 5.41) is 21.8. The van der Waals surface area contributed by atoms with Crippen molar-refractivity contribution in [2.45, 2.75) is 0 Å². The third kappa shape index (κ3) is 3.41. The van der Waals surface area contributed by atoms with Crippen molar-refractivity contribution >= 4 is 45.4 Å². The zero-order chi connectivity index (χ0) is 23.7. The molecule has 3 aromatic carbocycles. The lowest BCUT2D eigenvalue weighted by Crippen LogP contribution is -2.12. The predicted molar refractivity (Wildman–Crippen MR) is 110 cm³/mol. The summed E-state index contributed by atoms with van der Waals surface area (Å²) < 4.78 is 18.8. The molecule has 0 bridgehead atoms. The number of fused-ring (bicyclic) bond motifs is 2. The number of phenolic OH excluding ortho intramolecular Hbond substituents is 2. The number of benzene rings is 3. The lowest BCUT2D eigenvalue weighted by molar-refractivity contribution is 0.0555. The first kappa shape index (κ1) is 22.3. The predicted octanol–water partition coefficient (Wildman–Crippen LogP) is 2.55. The number of rotatable bonds is 4. The standard InChI is InChI=1S/C22H18O10/c1-29-19(25)13-5-9-10(6-14(13)20(26)30-2)18(24)12-8-16(22(28)32-4)15(21(27)31-3)7-11(12)17(9)23/h5-8,23-24H,1-4H3. The smallest absolute Gasteiger partial charge is 0.338 e. The number of hydrogen-bond donors (Lipinski definition) is 2. The van der Waals surface area contributed by atoms with E-state index in [2.05, 4.69) is 0 Å². The highest BCUT2D eigenvalue weighted by Crippen LogP contribution is 2.43. The van der Waals surface area contributed by atoms with Crippen molar-refractivity contribution in [3.8, 4) is 11.5 Å². The van der Waals surface area contributed by atoms with Crippen molar-refractivity contribution in [2.24, 2.45) is 0 Å². The number of ether oxygens (including phenoxy) is 4. The van der Waals surface area contributed by atoms with E-state index >= 15 is 0 Å². The summed E-state index contributed by atoms with van der Waals surface area (Å²) in [6, 6.07) is 4.64. The van der Waals surface area contributed by atoms with Gasteiger partial charge < -0.3 is 29.2 Å². The molecule has 0 aromatic heterocycles. The molecule has 3 aromatic rings. The summed E-state index contributed by atoms with van der Waals surface area (Å²) in [6.07, 6.45) is 0. The molecule has 0 radical (unpaired) electrons. The van der Waals surface area contributed by atoms with Crippen molar-refractivity contribution in [1.82, 2.24) is 0 Å². The minimum Gasteiger partial charge on any atom is -0.507 e. The third-order valence-corrected chi connectivity index (χ3v) is 4.96. The Morgan fingerprint density at radius 1 is 0.500 bits per heavy atom. The van der Waals surface area contributed by atoms with E-state index in [0.717, 1.165) is 52.7 Å². The SMILES string of the molecule is COC(=O)c1cc2c(O)c3cc(C(=O)OC)c(C(=O)OC)cc3c(O)c2cc1C(=O)OC. The van der Waals surface area contributed by atoms with E-state index in [1.807, 2.05) is 0 Å². The average molecular weight is 442 g/mol. The van der Waals surface area contributed by atoms with E-state index in [4.69, 9.17) is 18.9 Å². The van der Waals surface area contributed by atoms with Crippen LogP contribution >= 0.6 is 0 Å². The quantitative estimate of drug-likeness (QED) is 0.267. The van der Waals surface area contributed by atoms with Gasteiger partial charge in [-0.2, -0.15) is 0 Å². The lowest BCUT2D eigenvalue weighted by Gasteiger charge is -2.15. The van der Waals surface area contributed by atoms with E-state index in [-0.39, 0.29) is 43.8 Å². The van der Waals surface area contributed by atoms with Crippen LogP contribution in [0.2, 0.25) is 0 Å². The number of phenols is 2.